The van der Waals surface area contributed by atoms with Crippen molar-refractivity contribution in [3.63, 3.8) is 0 Å². The normalized spacial score (nSPS) is 10.7. The molecule has 5 nitrogen and oxygen atoms in total. The maximum atomic E-state index is 12.6. The number of nitrogens with two attached hydrogens (primary N) is 1. The lowest BCUT2D eigenvalue weighted by Gasteiger charge is -2.09. The average Bonchev–Trinajstić information content (AvgIpc) is 2.15. The maximum absolute atomic E-state index is 12.6. The molecule has 0 saturated heterocycles. The molecule has 0 radical (unpaired) electrons. The van der Waals surface area contributed by atoms with E-state index < -0.39 is 22.6 Å². The van der Waals surface area contributed by atoms with Gasteiger partial charge in [-0.3, -0.25) is 15.1 Å². The number of hydrogen-bond acceptors (Lipinski definition) is 4. The van der Waals surface area contributed by atoms with Crippen LogP contribution in [0.5, 0.6) is 0 Å². The largest absolute Gasteiger partial charge is 0.325 e. The Hall–Kier alpha value is -1.63. The summed E-state index contributed by atoms with van der Waals surface area (Å²) in [6, 6.07) is 0. The Balaban J connectivity index is 3.42. The summed E-state index contributed by atoms with van der Waals surface area (Å²) in [4.78, 5) is 13.3. The van der Waals surface area contributed by atoms with Gasteiger partial charge in [-0.05, 0) is 6.92 Å². The number of alkyl halides is 2. The van der Waals surface area contributed by atoms with Crippen molar-refractivity contribution in [1.82, 2.24) is 4.98 Å². The van der Waals surface area contributed by atoms with Crippen LogP contribution < -0.4 is 5.73 Å². The smallest absolute Gasteiger partial charge is 0.290 e. The zero-order valence-electron chi connectivity index (χ0n) is 7.91. The van der Waals surface area contributed by atoms with Gasteiger partial charge in [0.05, 0.1) is 16.2 Å². The van der Waals surface area contributed by atoms with Gasteiger partial charge >= 0.3 is 0 Å². The third-order valence-electron chi connectivity index (χ3n) is 2.05. The van der Waals surface area contributed by atoms with Gasteiger partial charge in [-0.25, -0.2) is 8.78 Å². The summed E-state index contributed by atoms with van der Waals surface area (Å²) in [6.45, 7) is 1.10. The predicted octanol–water partition coefficient (Wildman–Crippen LogP) is 1.69. The van der Waals surface area contributed by atoms with Gasteiger partial charge < -0.3 is 5.73 Å². The lowest BCUT2D eigenvalue weighted by atomic mass is 10.1. The fourth-order valence-electron chi connectivity index (χ4n) is 1.30. The van der Waals surface area contributed by atoms with Crippen LogP contribution >= 0.6 is 0 Å². The van der Waals surface area contributed by atoms with Crippen molar-refractivity contribution in [3.05, 3.63) is 33.1 Å². The van der Waals surface area contributed by atoms with Gasteiger partial charge in [-0.2, -0.15) is 0 Å². The summed E-state index contributed by atoms with van der Waals surface area (Å²) in [5.74, 6) is 0. The second-order valence-corrected chi connectivity index (χ2v) is 2.89. The molecule has 7 heteroatoms. The van der Waals surface area contributed by atoms with Crippen molar-refractivity contribution in [2.45, 2.75) is 19.9 Å². The zero-order chi connectivity index (χ0) is 11.6. The minimum absolute atomic E-state index is 0.00639. The van der Waals surface area contributed by atoms with Crippen molar-refractivity contribution in [3.8, 4) is 0 Å². The molecular weight excluding hydrogens is 208 g/mol. The standard InChI is InChI=1S/C8H9F2N3O2/c1-4-6(13(14)15)3-12-5(2-11)7(4)8(9)10/h3,8H,2,11H2,1H3. The van der Waals surface area contributed by atoms with E-state index in [1.165, 1.54) is 6.92 Å². The number of nitrogens with zero attached hydrogens (tertiary/aromatic N) is 2. The van der Waals surface area contributed by atoms with Crippen LogP contribution in [0.1, 0.15) is 23.2 Å². The highest BCUT2D eigenvalue weighted by Crippen LogP contribution is 2.30. The van der Waals surface area contributed by atoms with E-state index in [9.17, 15) is 18.9 Å². The Labute approximate surface area is 84.1 Å². The molecule has 0 aliphatic carbocycles. The molecule has 0 saturated carbocycles. The second kappa shape index (κ2) is 4.26. The predicted molar refractivity (Wildman–Crippen MR) is 48.5 cm³/mol. The van der Waals surface area contributed by atoms with Gasteiger partial charge in [0.15, 0.2) is 0 Å². The Kier molecular flexibility index (Phi) is 3.25. The molecule has 0 amide bonds. The molecule has 0 aliphatic heterocycles. The molecule has 0 bridgehead atoms. The van der Waals surface area contributed by atoms with Crippen molar-refractivity contribution < 1.29 is 13.7 Å². The zero-order valence-corrected chi connectivity index (χ0v) is 7.91. The number of rotatable bonds is 3. The maximum Gasteiger partial charge on any atom is 0.290 e. The monoisotopic (exact) mass is 217 g/mol. The minimum Gasteiger partial charge on any atom is -0.325 e. The van der Waals surface area contributed by atoms with Crippen LogP contribution in [0.4, 0.5) is 14.5 Å². The Morgan fingerprint density at radius 1 is 1.67 bits per heavy atom. The van der Waals surface area contributed by atoms with Gasteiger partial charge in [0.25, 0.3) is 12.1 Å². The summed E-state index contributed by atoms with van der Waals surface area (Å²) in [7, 11) is 0. The molecule has 1 aromatic rings. The van der Waals surface area contributed by atoms with Crippen LogP contribution in [-0.2, 0) is 6.54 Å². The molecule has 1 aromatic heterocycles. The van der Waals surface area contributed by atoms with Gasteiger partial charge in [-0.1, -0.05) is 0 Å². The van der Waals surface area contributed by atoms with E-state index in [1.54, 1.807) is 0 Å². The van der Waals surface area contributed by atoms with Crippen molar-refractivity contribution in [2.75, 3.05) is 0 Å². The molecule has 0 aliphatic rings. The molecule has 2 N–H and O–H groups in total. The highest BCUT2D eigenvalue weighted by Gasteiger charge is 2.23. The van der Waals surface area contributed by atoms with Crippen LogP contribution in [0.2, 0.25) is 0 Å². The lowest BCUT2D eigenvalue weighted by Crippen LogP contribution is -2.08. The minimum atomic E-state index is -2.81. The molecule has 0 unspecified atom stereocenters. The summed E-state index contributed by atoms with van der Waals surface area (Å²) in [6.07, 6.45) is -1.86. The SMILES string of the molecule is Cc1c([N+](=O)[O-])cnc(CN)c1C(F)F. The molecule has 0 atom stereocenters. The van der Waals surface area contributed by atoms with E-state index in [1.807, 2.05) is 0 Å². The van der Waals surface area contributed by atoms with Crippen LogP contribution in [0.25, 0.3) is 0 Å². The summed E-state index contributed by atoms with van der Waals surface area (Å²) in [5.41, 5.74) is 4.28. The summed E-state index contributed by atoms with van der Waals surface area (Å²) < 4.78 is 25.2. The van der Waals surface area contributed by atoms with E-state index in [0.29, 0.717) is 0 Å². The van der Waals surface area contributed by atoms with Crippen molar-refractivity contribution >= 4 is 5.69 Å². The fraction of sp³-hybridized carbons (Fsp3) is 0.375. The third kappa shape index (κ3) is 2.07. The van der Waals surface area contributed by atoms with Crippen LogP contribution in [0.15, 0.2) is 6.20 Å². The Morgan fingerprint density at radius 2 is 2.27 bits per heavy atom. The molecule has 15 heavy (non-hydrogen) atoms. The first-order chi connectivity index (χ1) is 6.99. The number of nitro groups is 1. The van der Waals surface area contributed by atoms with Crippen molar-refractivity contribution in [2.24, 2.45) is 5.73 Å². The van der Waals surface area contributed by atoms with E-state index in [2.05, 4.69) is 4.98 Å². The molecular formula is C8H9F2N3O2. The Bertz CT molecular complexity index is 396. The number of pyridine rings is 1. The number of hydrogen-bond donors (Lipinski definition) is 1. The van der Waals surface area contributed by atoms with E-state index in [4.69, 9.17) is 5.73 Å². The van der Waals surface area contributed by atoms with E-state index in [0.717, 1.165) is 6.20 Å². The summed E-state index contributed by atoms with van der Waals surface area (Å²) >= 11 is 0. The molecule has 82 valence electrons. The summed E-state index contributed by atoms with van der Waals surface area (Å²) in [5, 5.41) is 10.5. The fourth-order valence-corrected chi connectivity index (χ4v) is 1.30. The first-order valence-corrected chi connectivity index (χ1v) is 4.10. The number of aromatic nitrogens is 1. The van der Waals surface area contributed by atoms with E-state index >= 15 is 0 Å². The average molecular weight is 217 g/mol. The van der Waals surface area contributed by atoms with Crippen LogP contribution in [-0.4, -0.2) is 9.91 Å². The van der Waals surface area contributed by atoms with Gasteiger partial charge in [-0.15, -0.1) is 0 Å². The highest BCUT2D eigenvalue weighted by atomic mass is 19.3. The lowest BCUT2D eigenvalue weighted by molar-refractivity contribution is -0.385. The molecule has 0 spiro atoms. The topological polar surface area (TPSA) is 82.0 Å². The third-order valence-corrected chi connectivity index (χ3v) is 2.05. The van der Waals surface area contributed by atoms with Crippen molar-refractivity contribution in [1.29, 1.82) is 0 Å². The van der Waals surface area contributed by atoms with Crippen LogP contribution in [0, 0.1) is 17.0 Å². The first kappa shape index (κ1) is 11.4. The molecule has 1 rings (SSSR count). The first-order valence-electron chi connectivity index (χ1n) is 4.10. The van der Waals surface area contributed by atoms with Gasteiger partial charge in [0.2, 0.25) is 0 Å². The van der Waals surface area contributed by atoms with E-state index in [-0.39, 0.29) is 17.8 Å². The highest BCUT2D eigenvalue weighted by molar-refractivity contribution is 5.45. The van der Waals surface area contributed by atoms with Gasteiger partial charge in [0, 0.05) is 12.1 Å². The number of halogens is 2. The van der Waals surface area contributed by atoms with Crippen LogP contribution in [0.3, 0.4) is 0 Å². The molecule has 0 aromatic carbocycles. The second-order valence-electron chi connectivity index (χ2n) is 2.89. The molecule has 0 fully saturated rings. The quantitative estimate of drug-likeness (QED) is 0.617. The Morgan fingerprint density at radius 3 is 2.67 bits per heavy atom. The van der Waals surface area contributed by atoms with Gasteiger partial charge in [0.1, 0.15) is 6.20 Å². The molecule has 1 heterocycles.